The quantitative estimate of drug-likeness (QED) is 0.157. The number of aryl methyl sites for hydroxylation is 2. The normalized spacial score (nSPS) is 13.3. The van der Waals surface area contributed by atoms with Gasteiger partial charge in [0.15, 0.2) is 5.78 Å². The van der Waals surface area contributed by atoms with Gasteiger partial charge in [-0.2, -0.15) is 0 Å². The summed E-state index contributed by atoms with van der Waals surface area (Å²) in [5.74, 6) is 1.39. The molecule has 3 heterocycles. The highest BCUT2D eigenvalue weighted by Gasteiger charge is 2.25. The van der Waals surface area contributed by atoms with Gasteiger partial charge in [0.1, 0.15) is 18.1 Å². The number of hydrogen-bond donors (Lipinski definition) is 3. The van der Waals surface area contributed by atoms with Crippen LogP contribution in [0.2, 0.25) is 0 Å². The Labute approximate surface area is 242 Å². The lowest BCUT2D eigenvalue weighted by Crippen LogP contribution is -2.43. The second kappa shape index (κ2) is 14.5. The number of unbranched alkanes of at least 4 members (excludes halogenated alkanes) is 1. The van der Waals surface area contributed by atoms with Crippen LogP contribution < -0.4 is 15.4 Å². The highest BCUT2D eigenvalue weighted by Crippen LogP contribution is 2.25. The molecule has 0 unspecified atom stereocenters. The maximum absolute atomic E-state index is 12.7. The van der Waals surface area contributed by atoms with Crippen LogP contribution in [0.4, 0.5) is 11.6 Å². The molecule has 3 aromatic rings. The second-order valence-corrected chi connectivity index (χ2v) is 10.8. The van der Waals surface area contributed by atoms with Crippen LogP contribution in [0.25, 0.3) is 11.1 Å². The molecule has 1 aliphatic heterocycles. The van der Waals surface area contributed by atoms with E-state index in [1.807, 2.05) is 30.3 Å². The third kappa shape index (κ3) is 8.47. The number of hydrogen-bond acceptors (Lipinski definition) is 8. The molecule has 2 aromatic heterocycles. The standard InChI is InChI=1S/C31H41N7O3/c1-23(39)28(35-31-27(20-32-22-38(31)41)24-10-5-4-6-11-24)16-19-37(21-29(40)36(2)3)18-8-7-13-26-15-14-25-12-9-17-33-30(25)34-26/h4-6,10-11,14-15,20,22,28,41H,7-9,12-13,16-19,21H2,1-3H3,(H,33,34)/p+1/t28-/m0/s1. The SMILES string of the molecule is CC(=O)[C@H](CCN(CCCCc1ccc2c(n1)NCCC2)CC(=O)N(C)C)Nc1c(-c2ccccc2)cnc[n+]1O. The van der Waals surface area contributed by atoms with E-state index in [2.05, 4.69) is 32.7 Å². The Hall–Kier alpha value is -4.05. The first-order valence-corrected chi connectivity index (χ1v) is 14.4. The molecule has 1 atom stereocenters. The van der Waals surface area contributed by atoms with Crippen molar-refractivity contribution in [3.8, 4) is 11.1 Å². The third-order valence-corrected chi connectivity index (χ3v) is 7.45. The molecule has 218 valence electrons. The van der Waals surface area contributed by atoms with Gasteiger partial charge in [0.05, 0.1) is 12.1 Å². The molecule has 1 aliphatic rings. The molecule has 0 aliphatic carbocycles. The van der Waals surface area contributed by atoms with Crippen molar-refractivity contribution in [1.82, 2.24) is 19.8 Å². The van der Waals surface area contributed by atoms with Crippen LogP contribution in [0, 0.1) is 0 Å². The summed E-state index contributed by atoms with van der Waals surface area (Å²) in [6.07, 6.45) is 8.39. The van der Waals surface area contributed by atoms with Crippen molar-refractivity contribution in [2.45, 2.75) is 51.5 Å². The van der Waals surface area contributed by atoms with Crippen molar-refractivity contribution in [2.75, 3.05) is 50.9 Å². The molecule has 1 aromatic carbocycles. The largest absolute Gasteiger partial charge is 0.371 e. The van der Waals surface area contributed by atoms with Crippen molar-refractivity contribution in [2.24, 2.45) is 0 Å². The zero-order valence-electron chi connectivity index (χ0n) is 24.3. The van der Waals surface area contributed by atoms with Crippen LogP contribution in [-0.2, 0) is 22.4 Å². The molecule has 0 radical (unpaired) electrons. The molecule has 10 heteroatoms. The molecule has 1 amide bonds. The molecule has 3 N–H and O–H groups in total. The summed E-state index contributed by atoms with van der Waals surface area (Å²) in [5.41, 5.74) is 3.93. The van der Waals surface area contributed by atoms with Crippen LogP contribution in [0.1, 0.15) is 43.9 Å². The van der Waals surface area contributed by atoms with E-state index in [1.54, 1.807) is 32.1 Å². The number of benzene rings is 1. The molecule has 4 rings (SSSR count). The van der Waals surface area contributed by atoms with E-state index in [1.165, 1.54) is 11.9 Å². The van der Waals surface area contributed by atoms with Crippen LogP contribution in [0.5, 0.6) is 0 Å². The Morgan fingerprint density at radius 1 is 1.12 bits per heavy atom. The first kappa shape index (κ1) is 29.9. The van der Waals surface area contributed by atoms with Crippen molar-refractivity contribution in [1.29, 1.82) is 0 Å². The molecule has 0 saturated carbocycles. The molecular weight excluding hydrogens is 518 g/mol. The van der Waals surface area contributed by atoms with Gasteiger partial charge in [0, 0.05) is 39.3 Å². The van der Waals surface area contributed by atoms with Gasteiger partial charge >= 0.3 is 0 Å². The van der Waals surface area contributed by atoms with E-state index >= 15 is 0 Å². The molecule has 0 spiro atoms. The van der Waals surface area contributed by atoms with E-state index in [0.29, 0.717) is 24.3 Å². The molecule has 41 heavy (non-hydrogen) atoms. The zero-order chi connectivity index (χ0) is 29.2. The molecular formula is C31H42N7O3+. The predicted molar refractivity (Wildman–Crippen MR) is 159 cm³/mol. The lowest BCUT2D eigenvalue weighted by Gasteiger charge is -2.25. The fraction of sp³-hybridized carbons (Fsp3) is 0.452. The Balaban J connectivity index is 1.38. The third-order valence-electron chi connectivity index (χ3n) is 7.45. The maximum Gasteiger partial charge on any atom is 0.271 e. The van der Waals surface area contributed by atoms with Crippen molar-refractivity contribution in [3.63, 3.8) is 0 Å². The van der Waals surface area contributed by atoms with Crippen molar-refractivity contribution >= 4 is 23.3 Å². The van der Waals surface area contributed by atoms with E-state index in [0.717, 1.165) is 67.0 Å². The van der Waals surface area contributed by atoms with E-state index in [4.69, 9.17) is 4.98 Å². The first-order chi connectivity index (χ1) is 19.8. The lowest BCUT2D eigenvalue weighted by atomic mass is 10.1. The number of pyridine rings is 1. The lowest BCUT2D eigenvalue weighted by molar-refractivity contribution is -0.895. The maximum atomic E-state index is 12.7. The summed E-state index contributed by atoms with van der Waals surface area (Å²) < 4.78 is 0.913. The van der Waals surface area contributed by atoms with Crippen molar-refractivity contribution in [3.05, 3.63) is 66.2 Å². The second-order valence-electron chi connectivity index (χ2n) is 10.8. The molecule has 0 bridgehead atoms. The number of fused-ring (bicyclic) bond motifs is 1. The van der Waals surface area contributed by atoms with E-state index in [9.17, 15) is 14.8 Å². The average Bonchev–Trinajstić information content (AvgIpc) is 2.97. The number of carbonyl (C=O) groups is 2. The highest BCUT2D eigenvalue weighted by molar-refractivity contribution is 5.85. The first-order valence-electron chi connectivity index (χ1n) is 14.4. The average molecular weight is 561 g/mol. The molecule has 0 saturated heterocycles. The summed E-state index contributed by atoms with van der Waals surface area (Å²) in [5, 5.41) is 17.2. The Morgan fingerprint density at radius 3 is 2.68 bits per heavy atom. The number of rotatable bonds is 14. The summed E-state index contributed by atoms with van der Waals surface area (Å²) in [7, 11) is 3.51. The van der Waals surface area contributed by atoms with Crippen LogP contribution in [0.3, 0.4) is 0 Å². The van der Waals surface area contributed by atoms with Gasteiger partial charge in [-0.1, -0.05) is 41.1 Å². The zero-order valence-corrected chi connectivity index (χ0v) is 24.3. The van der Waals surface area contributed by atoms with E-state index < -0.39 is 6.04 Å². The fourth-order valence-corrected chi connectivity index (χ4v) is 4.99. The number of likely N-dealkylation sites (N-methyl/N-ethyl adjacent to an activating group) is 1. The van der Waals surface area contributed by atoms with Gasteiger partial charge in [-0.3, -0.25) is 19.8 Å². The Morgan fingerprint density at radius 2 is 1.93 bits per heavy atom. The number of carbonyl (C=O) groups excluding carboxylic acids is 2. The van der Waals surface area contributed by atoms with Crippen LogP contribution in [0.15, 0.2) is 55.0 Å². The van der Waals surface area contributed by atoms with Gasteiger partial charge < -0.3 is 15.4 Å². The molecule has 10 nitrogen and oxygen atoms in total. The van der Waals surface area contributed by atoms with Crippen molar-refractivity contribution < 1.29 is 19.5 Å². The minimum Gasteiger partial charge on any atom is -0.371 e. The Bertz CT molecular complexity index is 1320. The number of ketones is 1. The number of nitrogens with one attached hydrogen (secondary N) is 2. The summed E-state index contributed by atoms with van der Waals surface area (Å²) in [4.78, 5) is 37.9. The van der Waals surface area contributed by atoms with Crippen LogP contribution >= 0.6 is 0 Å². The predicted octanol–water partition coefficient (Wildman–Crippen LogP) is 3.20. The fourth-order valence-electron chi connectivity index (χ4n) is 4.99. The summed E-state index contributed by atoms with van der Waals surface area (Å²) in [6, 6.07) is 13.3. The van der Waals surface area contributed by atoms with Gasteiger partial charge in [-0.05, 0) is 62.8 Å². The van der Waals surface area contributed by atoms with Gasteiger partial charge in [-0.25, -0.2) is 4.98 Å². The number of anilines is 2. The summed E-state index contributed by atoms with van der Waals surface area (Å²) in [6.45, 7) is 4.08. The smallest absolute Gasteiger partial charge is 0.271 e. The van der Waals surface area contributed by atoms with Gasteiger partial charge in [-0.15, -0.1) is 4.98 Å². The van der Waals surface area contributed by atoms with E-state index in [-0.39, 0.29) is 18.2 Å². The minimum absolute atomic E-state index is 0.0217. The topological polar surface area (TPSA) is 115 Å². The van der Waals surface area contributed by atoms with Gasteiger partial charge in [0.25, 0.3) is 12.1 Å². The highest BCUT2D eigenvalue weighted by atomic mass is 16.5. The number of amides is 1. The number of nitrogens with zero attached hydrogens (tertiary/aromatic N) is 5. The number of aromatic nitrogens is 3. The molecule has 0 fully saturated rings. The van der Waals surface area contributed by atoms with Gasteiger partial charge in [0.2, 0.25) is 5.91 Å². The minimum atomic E-state index is -0.553. The van der Waals surface area contributed by atoms with Crippen LogP contribution in [-0.4, -0.2) is 83.0 Å². The monoisotopic (exact) mass is 560 g/mol. The summed E-state index contributed by atoms with van der Waals surface area (Å²) >= 11 is 0. The number of Topliss-reactive ketones (excluding diaryl/α,β-unsaturated/α-hetero) is 1. The Kier molecular flexibility index (Phi) is 10.6.